The maximum atomic E-state index is 10.2. The first-order valence-corrected chi connectivity index (χ1v) is 1.94. The summed E-state index contributed by atoms with van der Waals surface area (Å²) in [6, 6.07) is 0. The number of carbonyl (C=O) groups excluding carboxylic acids is 1. The summed E-state index contributed by atoms with van der Waals surface area (Å²) in [5.41, 5.74) is 1.55. The van der Waals surface area contributed by atoms with Crippen molar-refractivity contribution in [1.29, 1.82) is 5.41 Å². The normalized spacial score (nSPS) is 7.62. The van der Waals surface area contributed by atoms with Crippen LogP contribution in [0.15, 0.2) is 12.7 Å². The number of hydrogen-bond donors (Lipinski definition) is 3. The smallest absolute Gasteiger partial charge is 0.283 e. The average molecular weight is 113 g/mol. The number of amides is 1. The highest BCUT2D eigenvalue weighted by Crippen LogP contribution is 1.69. The molecule has 44 valence electrons. The second kappa shape index (κ2) is 2.92. The molecule has 0 fully saturated rings. The lowest BCUT2D eigenvalue weighted by Crippen LogP contribution is -2.34. The van der Waals surface area contributed by atoms with Gasteiger partial charge in [-0.05, 0) is 6.08 Å². The Bertz CT molecular complexity index is 129. The van der Waals surface area contributed by atoms with E-state index < -0.39 is 5.91 Å². The summed E-state index contributed by atoms with van der Waals surface area (Å²) in [6.07, 6.45) is 1.11. The van der Waals surface area contributed by atoms with Crippen molar-refractivity contribution in [2.45, 2.75) is 0 Å². The highest BCUT2D eigenvalue weighted by atomic mass is 16.2. The summed E-state index contributed by atoms with van der Waals surface area (Å²) in [5, 5.41) is 6.73. The van der Waals surface area contributed by atoms with Crippen LogP contribution in [0, 0.1) is 5.41 Å². The number of rotatable bonds is 2. The van der Waals surface area contributed by atoms with E-state index in [1.165, 1.54) is 0 Å². The molecule has 0 aromatic rings. The van der Waals surface area contributed by atoms with Gasteiger partial charge in [0.1, 0.15) is 5.71 Å². The van der Waals surface area contributed by atoms with Gasteiger partial charge in [0, 0.05) is 0 Å². The van der Waals surface area contributed by atoms with E-state index in [1.807, 2.05) is 0 Å². The Kier molecular flexibility index (Phi) is 2.50. The van der Waals surface area contributed by atoms with Crippen LogP contribution in [0.3, 0.4) is 0 Å². The Hall–Kier alpha value is -1.16. The van der Waals surface area contributed by atoms with E-state index in [2.05, 4.69) is 12.4 Å². The van der Waals surface area contributed by atoms with Crippen LogP contribution in [0.4, 0.5) is 0 Å². The third-order valence-corrected chi connectivity index (χ3v) is 0.580. The molecule has 0 radical (unpaired) electrons. The van der Waals surface area contributed by atoms with E-state index in [0.29, 0.717) is 0 Å². The van der Waals surface area contributed by atoms with Gasteiger partial charge in [-0.3, -0.25) is 15.6 Å². The van der Waals surface area contributed by atoms with E-state index >= 15 is 0 Å². The Morgan fingerprint density at radius 2 is 2.38 bits per heavy atom. The van der Waals surface area contributed by atoms with Crippen LogP contribution in [0.5, 0.6) is 0 Å². The van der Waals surface area contributed by atoms with Gasteiger partial charge in [-0.2, -0.15) is 0 Å². The molecule has 0 unspecified atom stereocenters. The van der Waals surface area contributed by atoms with Crippen molar-refractivity contribution in [3.63, 3.8) is 0 Å². The predicted molar refractivity (Wildman–Crippen MR) is 30.3 cm³/mol. The van der Waals surface area contributed by atoms with Gasteiger partial charge in [0.25, 0.3) is 5.91 Å². The molecule has 0 aromatic carbocycles. The molecule has 0 spiro atoms. The summed E-state index contributed by atoms with van der Waals surface area (Å²) in [6.45, 7) is 3.19. The van der Waals surface area contributed by atoms with Gasteiger partial charge >= 0.3 is 0 Å². The molecule has 0 atom stereocenters. The van der Waals surface area contributed by atoms with Gasteiger partial charge in [0.15, 0.2) is 0 Å². The zero-order valence-electron chi connectivity index (χ0n) is 4.27. The number of nitrogens with two attached hydrogens (primary N) is 1. The first-order chi connectivity index (χ1) is 3.72. The number of carbonyl (C=O) groups is 1. The van der Waals surface area contributed by atoms with Crippen molar-refractivity contribution in [1.82, 2.24) is 5.43 Å². The third kappa shape index (κ3) is 1.53. The van der Waals surface area contributed by atoms with E-state index in [4.69, 9.17) is 5.41 Å². The van der Waals surface area contributed by atoms with Crippen molar-refractivity contribution in [2.24, 2.45) is 5.84 Å². The largest absolute Gasteiger partial charge is 0.295 e. The van der Waals surface area contributed by atoms with Crippen LogP contribution >= 0.6 is 0 Å². The molecule has 0 aliphatic rings. The molecule has 1 amide bonds. The van der Waals surface area contributed by atoms with Crippen LogP contribution in [-0.4, -0.2) is 11.6 Å². The molecule has 4 heteroatoms. The minimum Gasteiger partial charge on any atom is -0.295 e. The van der Waals surface area contributed by atoms with E-state index in [9.17, 15) is 4.79 Å². The van der Waals surface area contributed by atoms with Gasteiger partial charge in [-0.25, -0.2) is 5.84 Å². The lowest BCUT2D eigenvalue weighted by molar-refractivity contribution is -0.114. The van der Waals surface area contributed by atoms with Crippen LogP contribution in [0.1, 0.15) is 0 Å². The summed E-state index contributed by atoms with van der Waals surface area (Å²) >= 11 is 0. The number of nitrogens with one attached hydrogen (secondary N) is 2. The Labute approximate surface area is 46.9 Å². The zero-order chi connectivity index (χ0) is 6.57. The SMILES string of the molecule is C=CC(=N)C(=O)NN. The summed E-state index contributed by atoms with van der Waals surface area (Å²) in [7, 11) is 0. The molecule has 0 saturated heterocycles. The third-order valence-electron chi connectivity index (χ3n) is 0.580. The maximum absolute atomic E-state index is 10.2. The van der Waals surface area contributed by atoms with Gasteiger partial charge < -0.3 is 0 Å². The van der Waals surface area contributed by atoms with Crippen LogP contribution in [0.25, 0.3) is 0 Å². The van der Waals surface area contributed by atoms with Crippen LogP contribution in [0.2, 0.25) is 0 Å². The molecule has 0 saturated carbocycles. The molecule has 0 aliphatic carbocycles. The second-order valence-electron chi connectivity index (χ2n) is 1.09. The topological polar surface area (TPSA) is 79.0 Å². The Balaban J connectivity index is 3.82. The zero-order valence-corrected chi connectivity index (χ0v) is 4.27. The molecule has 0 aliphatic heterocycles. The second-order valence-corrected chi connectivity index (χ2v) is 1.09. The fourth-order valence-electron chi connectivity index (χ4n) is 0.170. The average Bonchev–Trinajstić information content (AvgIpc) is 1.84. The van der Waals surface area contributed by atoms with Gasteiger partial charge in [0.05, 0.1) is 0 Å². The molecule has 0 heterocycles. The van der Waals surface area contributed by atoms with E-state index in [-0.39, 0.29) is 5.71 Å². The van der Waals surface area contributed by atoms with Gasteiger partial charge in [-0.15, -0.1) is 0 Å². The lowest BCUT2D eigenvalue weighted by Gasteiger charge is -1.91. The number of hydrazine groups is 1. The molecule has 0 rings (SSSR count). The first-order valence-electron chi connectivity index (χ1n) is 1.94. The molecular weight excluding hydrogens is 106 g/mol. The van der Waals surface area contributed by atoms with Crippen molar-refractivity contribution >= 4 is 11.6 Å². The molecule has 0 aromatic heterocycles. The molecule has 8 heavy (non-hydrogen) atoms. The van der Waals surface area contributed by atoms with E-state index in [1.54, 1.807) is 5.43 Å². The van der Waals surface area contributed by atoms with Crippen LogP contribution in [-0.2, 0) is 4.79 Å². The van der Waals surface area contributed by atoms with Crippen molar-refractivity contribution in [2.75, 3.05) is 0 Å². The van der Waals surface area contributed by atoms with Crippen molar-refractivity contribution in [3.8, 4) is 0 Å². The summed E-state index contributed by atoms with van der Waals surface area (Å²) in [5.74, 6) is 4.04. The maximum Gasteiger partial charge on any atom is 0.283 e. The van der Waals surface area contributed by atoms with Crippen LogP contribution < -0.4 is 11.3 Å². The molecule has 0 bridgehead atoms. The van der Waals surface area contributed by atoms with Crippen molar-refractivity contribution in [3.05, 3.63) is 12.7 Å². The predicted octanol–water partition coefficient (Wildman–Crippen LogP) is -0.818. The summed E-state index contributed by atoms with van der Waals surface area (Å²) in [4.78, 5) is 10.2. The van der Waals surface area contributed by atoms with E-state index in [0.717, 1.165) is 6.08 Å². The minimum absolute atomic E-state index is 0.229. The molecule has 4 N–H and O–H groups in total. The molecular formula is C4H7N3O. The highest BCUT2D eigenvalue weighted by Gasteiger charge is 1.98. The Morgan fingerprint density at radius 3 is 2.50 bits per heavy atom. The first kappa shape index (κ1) is 6.84. The summed E-state index contributed by atoms with van der Waals surface area (Å²) < 4.78 is 0. The number of hydrogen-bond acceptors (Lipinski definition) is 3. The minimum atomic E-state index is -0.625. The highest BCUT2D eigenvalue weighted by molar-refractivity contribution is 6.41. The fourth-order valence-corrected chi connectivity index (χ4v) is 0.170. The van der Waals surface area contributed by atoms with Crippen molar-refractivity contribution < 1.29 is 4.79 Å². The van der Waals surface area contributed by atoms with Gasteiger partial charge in [-0.1, -0.05) is 6.58 Å². The van der Waals surface area contributed by atoms with Gasteiger partial charge in [0.2, 0.25) is 0 Å². The standard InChI is InChI=1S/C4H7N3O/c1-2-3(5)4(8)7-6/h2,5H,1,6H2,(H,7,8). The molecule has 4 nitrogen and oxygen atoms in total. The fraction of sp³-hybridized carbons (Fsp3) is 0. The monoisotopic (exact) mass is 113 g/mol. The Morgan fingerprint density at radius 1 is 1.88 bits per heavy atom. The lowest BCUT2D eigenvalue weighted by atomic mass is 10.4. The quantitative estimate of drug-likeness (QED) is 0.189.